The average molecular weight is 301 g/mol. The summed E-state index contributed by atoms with van der Waals surface area (Å²) < 4.78 is 13.5. The minimum absolute atomic E-state index is 0.114. The molecule has 0 spiro atoms. The molecule has 0 aromatic heterocycles. The minimum Gasteiger partial charge on any atom is -0.324 e. The van der Waals surface area contributed by atoms with Crippen molar-refractivity contribution in [2.24, 2.45) is 0 Å². The summed E-state index contributed by atoms with van der Waals surface area (Å²) in [6.07, 6.45) is 0. The number of benzene rings is 2. The fraction of sp³-hybridized carbons (Fsp3) is 0.278. The number of rotatable bonds is 5. The van der Waals surface area contributed by atoms with Crippen LogP contribution in [0.4, 0.5) is 10.1 Å². The van der Waals surface area contributed by atoms with Gasteiger partial charge in [0.2, 0.25) is 0 Å². The number of aryl methyl sites for hydroxylation is 1. The Balaban J connectivity index is 1.97. The molecular weight excluding hydrogens is 279 g/mol. The molecule has 0 saturated carbocycles. The highest BCUT2D eigenvalue weighted by atomic mass is 19.1. The standard InChI is InChI=1S/C18H21FN2O/c1-13-9-10-16(11-17(13)19)20-18(22)14(2)21(3)12-15-7-5-4-6-8-15/h4-11,14H,12H2,1-3H3,(H,20,22)/p+1/t14-/m0/s1. The number of hydrogen-bond donors (Lipinski definition) is 2. The van der Waals surface area contributed by atoms with Gasteiger partial charge in [0.1, 0.15) is 12.4 Å². The highest BCUT2D eigenvalue weighted by Gasteiger charge is 2.22. The Morgan fingerprint density at radius 3 is 2.55 bits per heavy atom. The second-order valence-corrected chi connectivity index (χ2v) is 5.68. The Kier molecular flexibility index (Phi) is 5.28. The number of carbonyl (C=O) groups is 1. The first-order chi connectivity index (χ1) is 10.5. The van der Waals surface area contributed by atoms with Crippen molar-refractivity contribution < 1.29 is 14.1 Å². The van der Waals surface area contributed by atoms with Gasteiger partial charge in [-0.2, -0.15) is 0 Å². The maximum Gasteiger partial charge on any atom is 0.282 e. The van der Waals surface area contributed by atoms with Crippen LogP contribution in [-0.2, 0) is 11.3 Å². The molecule has 1 amide bonds. The molecule has 4 heteroatoms. The first-order valence-electron chi connectivity index (χ1n) is 7.40. The lowest BCUT2D eigenvalue weighted by atomic mass is 10.1. The van der Waals surface area contributed by atoms with Crippen molar-refractivity contribution in [2.75, 3.05) is 12.4 Å². The molecule has 2 rings (SSSR count). The molecular formula is C18H22FN2O+. The van der Waals surface area contributed by atoms with Crippen LogP contribution >= 0.6 is 0 Å². The van der Waals surface area contributed by atoms with Gasteiger partial charge in [-0.05, 0) is 31.5 Å². The van der Waals surface area contributed by atoms with Gasteiger partial charge in [0.15, 0.2) is 6.04 Å². The molecule has 0 radical (unpaired) electrons. The molecule has 116 valence electrons. The molecule has 0 aliphatic rings. The summed E-state index contributed by atoms with van der Waals surface area (Å²) in [4.78, 5) is 13.4. The predicted molar refractivity (Wildman–Crippen MR) is 86.3 cm³/mol. The SMILES string of the molecule is Cc1ccc(NC(=O)[C@H](C)[NH+](C)Cc2ccccc2)cc1F. The van der Waals surface area contributed by atoms with E-state index in [-0.39, 0.29) is 17.8 Å². The van der Waals surface area contributed by atoms with Crippen LogP contribution in [0.1, 0.15) is 18.1 Å². The number of nitrogens with one attached hydrogen (secondary N) is 2. The predicted octanol–water partition coefficient (Wildman–Crippen LogP) is 2.18. The molecule has 0 bridgehead atoms. The fourth-order valence-corrected chi connectivity index (χ4v) is 2.22. The van der Waals surface area contributed by atoms with E-state index in [1.165, 1.54) is 11.6 Å². The van der Waals surface area contributed by atoms with Gasteiger partial charge in [0, 0.05) is 11.3 Å². The van der Waals surface area contributed by atoms with Crippen LogP contribution in [0.15, 0.2) is 48.5 Å². The molecule has 0 aliphatic heterocycles. The molecule has 2 aromatic carbocycles. The van der Waals surface area contributed by atoms with Gasteiger partial charge in [-0.15, -0.1) is 0 Å². The molecule has 0 fully saturated rings. The molecule has 2 N–H and O–H groups in total. The van der Waals surface area contributed by atoms with Crippen molar-refractivity contribution in [3.8, 4) is 0 Å². The minimum atomic E-state index is -0.310. The highest BCUT2D eigenvalue weighted by molar-refractivity contribution is 5.93. The van der Waals surface area contributed by atoms with Gasteiger partial charge in [-0.25, -0.2) is 4.39 Å². The van der Waals surface area contributed by atoms with Crippen LogP contribution in [0, 0.1) is 12.7 Å². The third-order valence-corrected chi connectivity index (χ3v) is 3.90. The lowest BCUT2D eigenvalue weighted by molar-refractivity contribution is -0.907. The van der Waals surface area contributed by atoms with Crippen LogP contribution in [0.25, 0.3) is 0 Å². The fourth-order valence-electron chi connectivity index (χ4n) is 2.22. The summed E-state index contributed by atoms with van der Waals surface area (Å²) in [5.74, 6) is -0.424. The topological polar surface area (TPSA) is 33.5 Å². The Morgan fingerprint density at radius 2 is 1.91 bits per heavy atom. The maximum absolute atomic E-state index is 13.5. The summed E-state index contributed by atoms with van der Waals surface area (Å²) in [7, 11) is 1.98. The molecule has 22 heavy (non-hydrogen) atoms. The number of amides is 1. The Hall–Kier alpha value is -2.20. The molecule has 2 atom stereocenters. The summed E-state index contributed by atoms with van der Waals surface area (Å²) in [5.41, 5.74) is 2.24. The van der Waals surface area contributed by atoms with Gasteiger partial charge < -0.3 is 10.2 Å². The first kappa shape index (κ1) is 16.2. The van der Waals surface area contributed by atoms with Gasteiger partial charge in [0.25, 0.3) is 5.91 Å². The van der Waals surface area contributed by atoms with E-state index in [1.54, 1.807) is 19.1 Å². The van der Waals surface area contributed by atoms with Crippen molar-refractivity contribution in [3.05, 3.63) is 65.5 Å². The third-order valence-electron chi connectivity index (χ3n) is 3.90. The van der Waals surface area contributed by atoms with E-state index in [0.717, 1.165) is 11.4 Å². The van der Waals surface area contributed by atoms with Crippen LogP contribution in [0.5, 0.6) is 0 Å². The monoisotopic (exact) mass is 301 g/mol. The second kappa shape index (κ2) is 7.18. The number of quaternary nitrogens is 1. The molecule has 1 unspecified atom stereocenters. The van der Waals surface area contributed by atoms with E-state index in [2.05, 4.69) is 5.32 Å². The van der Waals surface area contributed by atoms with Crippen molar-refractivity contribution in [2.45, 2.75) is 26.4 Å². The summed E-state index contributed by atoms with van der Waals surface area (Å²) >= 11 is 0. The Labute approximate surface area is 130 Å². The van der Waals surface area contributed by atoms with Gasteiger partial charge >= 0.3 is 0 Å². The van der Waals surface area contributed by atoms with E-state index in [9.17, 15) is 9.18 Å². The third kappa shape index (κ3) is 4.15. The van der Waals surface area contributed by atoms with E-state index in [1.807, 2.05) is 44.3 Å². The van der Waals surface area contributed by atoms with E-state index in [4.69, 9.17) is 0 Å². The van der Waals surface area contributed by atoms with Crippen LogP contribution in [0.2, 0.25) is 0 Å². The average Bonchev–Trinajstić information content (AvgIpc) is 2.51. The van der Waals surface area contributed by atoms with E-state index in [0.29, 0.717) is 11.3 Å². The number of likely N-dealkylation sites (N-methyl/N-ethyl adjacent to an activating group) is 1. The number of carbonyl (C=O) groups excluding carboxylic acids is 1. The van der Waals surface area contributed by atoms with Gasteiger partial charge in [0.05, 0.1) is 7.05 Å². The van der Waals surface area contributed by atoms with Crippen molar-refractivity contribution in [1.29, 1.82) is 0 Å². The normalized spacial score (nSPS) is 13.5. The molecule has 0 saturated heterocycles. The first-order valence-corrected chi connectivity index (χ1v) is 7.40. The summed E-state index contributed by atoms with van der Waals surface area (Å²) in [6, 6.07) is 14.5. The van der Waals surface area contributed by atoms with Crippen LogP contribution in [0.3, 0.4) is 0 Å². The van der Waals surface area contributed by atoms with Crippen molar-refractivity contribution in [1.82, 2.24) is 0 Å². The van der Waals surface area contributed by atoms with Crippen LogP contribution in [-0.4, -0.2) is 19.0 Å². The van der Waals surface area contributed by atoms with Gasteiger partial charge in [-0.1, -0.05) is 36.4 Å². The van der Waals surface area contributed by atoms with Gasteiger partial charge in [-0.3, -0.25) is 4.79 Å². The lowest BCUT2D eigenvalue weighted by Gasteiger charge is -2.21. The molecule has 0 aliphatic carbocycles. The van der Waals surface area contributed by atoms with Crippen LogP contribution < -0.4 is 10.2 Å². The van der Waals surface area contributed by atoms with Crippen molar-refractivity contribution in [3.63, 3.8) is 0 Å². The number of anilines is 1. The Morgan fingerprint density at radius 1 is 1.23 bits per heavy atom. The van der Waals surface area contributed by atoms with E-state index >= 15 is 0 Å². The maximum atomic E-state index is 13.5. The molecule has 0 heterocycles. The van der Waals surface area contributed by atoms with Crippen molar-refractivity contribution >= 4 is 11.6 Å². The van der Waals surface area contributed by atoms with E-state index < -0.39 is 0 Å². The highest BCUT2D eigenvalue weighted by Crippen LogP contribution is 2.13. The quantitative estimate of drug-likeness (QED) is 0.872. The Bertz CT molecular complexity index is 643. The molecule has 3 nitrogen and oxygen atoms in total. The molecule has 2 aromatic rings. The zero-order valence-electron chi connectivity index (χ0n) is 13.2. The smallest absolute Gasteiger partial charge is 0.282 e. The second-order valence-electron chi connectivity index (χ2n) is 5.68. The zero-order chi connectivity index (χ0) is 16.1. The number of hydrogen-bond acceptors (Lipinski definition) is 1. The number of halogens is 1. The largest absolute Gasteiger partial charge is 0.324 e. The summed E-state index contributed by atoms with van der Waals surface area (Å²) in [6.45, 7) is 4.33. The lowest BCUT2D eigenvalue weighted by Crippen LogP contribution is -3.12. The summed E-state index contributed by atoms with van der Waals surface area (Å²) in [5, 5.41) is 2.78. The zero-order valence-corrected chi connectivity index (χ0v) is 13.2.